The largest absolute Gasteiger partial charge is 0.489 e. The van der Waals surface area contributed by atoms with Gasteiger partial charge in [0.25, 0.3) is 5.91 Å². The van der Waals surface area contributed by atoms with Crippen molar-refractivity contribution in [2.75, 3.05) is 13.7 Å². The zero-order chi connectivity index (χ0) is 15.8. The maximum absolute atomic E-state index is 12.1. The second-order valence-corrected chi connectivity index (χ2v) is 4.52. The standard InChI is InChI=1S/C17H17NO4/c1-21-16(19)11-18-17(20)15-10-6-5-7-13(15)12-22-14-8-3-2-4-9-14/h2-10H,11-12H2,1H3,(H,18,20). The second kappa shape index (κ2) is 7.83. The van der Waals surface area contributed by atoms with Crippen molar-refractivity contribution in [2.24, 2.45) is 0 Å². The van der Waals surface area contributed by atoms with E-state index in [0.29, 0.717) is 5.56 Å². The highest BCUT2D eigenvalue weighted by molar-refractivity contribution is 5.97. The fourth-order valence-corrected chi connectivity index (χ4v) is 1.87. The molecule has 0 radical (unpaired) electrons. The predicted molar refractivity (Wildman–Crippen MR) is 81.6 cm³/mol. The number of carbonyl (C=O) groups excluding carboxylic acids is 2. The van der Waals surface area contributed by atoms with Crippen LogP contribution in [-0.4, -0.2) is 25.5 Å². The van der Waals surface area contributed by atoms with Crippen molar-refractivity contribution in [3.05, 3.63) is 65.7 Å². The highest BCUT2D eigenvalue weighted by atomic mass is 16.5. The fourth-order valence-electron chi connectivity index (χ4n) is 1.87. The number of nitrogens with one attached hydrogen (secondary N) is 1. The highest BCUT2D eigenvalue weighted by Crippen LogP contribution is 2.14. The zero-order valence-corrected chi connectivity index (χ0v) is 12.2. The van der Waals surface area contributed by atoms with Gasteiger partial charge in [0.2, 0.25) is 0 Å². The van der Waals surface area contributed by atoms with Gasteiger partial charge in [0, 0.05) is 11.1 Å². The Morgan fingerprint density at radius 2 is 1.68 bits per heavy atom. The number of amides is 1. The Morgan fingerprint density at radius 3 is 2.41 bits per heavy atom. The Labute approximate surface area is 128 Å². The van der Waals surface area contributed by atoms with E-state index in [2.05, 4.69) is 10.1 Å². The van der Waals surface area contributed by atoms with E-state index in [0.717, 1.165) is 11.3 Å². The molecule has 1 N–H and O–H groups in total. The number of carbonyl (C=O) groups is 2. The van der Waals surface area contributed by atoms with E-state index < -0.39 is 5.97 Å². The molecule has 0 aliphatic rings. The molecule has 0 aliphatic heterocycles. The van der Waals surface area contributed by atoms with Crippen LogP contribution in [0.5, 0.6) is 5.75 Å². The molecular weight excluding hydrogens is 282 g/mol. The average Bonchev–Trinajstić information content (AvgIpc) is 2.58. The molecule has 0 spiro atoms. The first-order chi connectivity index (χ1) is 10.7. The molecule has 0 aliphatic carbocycles. The summed E-state index contributed by atoms with van der Waals surface area (Å²) in [7, 11) is 1.27. The summed E-state index contributed by atoms with van der Waals surface area (Å²) in [5, 5.41) is 2.52. The Kier molecular flexibility index (Phi) is 5.54. The first-order valence-electron chi connectivity index (χ1n) is 6.81. The van der Waals surface area contributed by atoms with E-state index in [1.807, 2.05) is 42.5 Å². The summed E-state index contributed by atoms with van der Waals surface area (Å²) in [5.74, 6) is -0.101. The Balaban J connectivity index is 2.03. The smallest absolute Gasteiger partial charge is 0.325 e. The van der Waals surface area contributed by atoms with Crippen LogP contribution in [-0.2, 0) is 16.1 Å². The molecule has 22 heavy (non-hydrogen) atoms. The van der Waals surface area contributed by atoms with Gasteiger partial charge in [0.05, 0.1) is 7.11 Å². The quantitative estimate of drug-likeness (QED) is 0.830. The van der Waals surface area contributed by atoms with E-state index in [9.17, 15) is 9.59 Å². The third-order valence-corrected chi connectivity index (χ3v) is 3.02. The van der Waals surface area contributed by atoms with Gasteiger partial charge in [-0.2, -0.15) is 0 Å². The van der Waals surface area contributed by atoms with Crippen LogP contribution < -0.4 is 10.1 Å². The lowest BCUT2D eigenvalue weighted by Gasteiger charge is -2.11. The van der Waals surface area contributed by atoms with Gasteiger partial charge in [-0.3, -0.25) is 9.59 Å². The molecule has 0 unspecified atom stereocenters. The van der Waals surface area contributed by atoms with Crippen LogP contribution in [0.2, 0.25) is 0 Å². The van der Waals surface area contributed by atoms with Gasteiger partial charge in [-0.25, -0.2) is 0 Å². The normalized spacial score (nSPS) is 9.86. The molecule has 2 rings (SSSR count). The number of hydrogen-bond acceptors (Lipinski definition) is 4. The number of para-hydroxylation sites is 1. The van der Waals surface area contributed by atoms with Crippen LogP contribution in [0, 0.1) is 0 Å². The molecule has 0 atom stereocenters. The minimum atomic E-state index is -0.494. The molecule has 0 heterocycles. The molecule has 5 nitrogen and oxygen atoms in total. The summed E-state index contributed by atoms with van der Waals surface area (Å²) in [4.78, 5) is 23.2. The highest BCUT2D eigenvalue weighted by Gasteiger charge is 2.12. The lowest BCUT2D eigenvalue weighted by molar-refractivity contribution is -0.139. The van der Waals surface area contributed by atoms with E-state index in [4.69, 9.17) is 4.74 Å². The van der Waals surface area contributed by atoms with Gasteiger partial charge in [0.1, 0.15) is 18.9 Å². The van der Waals surface area contributed by atoms with Gasteiger partial charge < -0.3 is 14.8 Å². The van der Waals surface area contributed by atoms with Crippen molar-refractivity contribution < 1.29 is 19.1 Å². The number of esters is 1. The van der Waals surface area contributed by atoms with Crippen molar-refractivity contribution in [3.63, 3.8) is 0 Å². The Hall–Kier alpha value is -2.82. The topological polar surface area (TPSA) is 64.6 Å². The van der Waals surface area contributed by atoms with Crippen molar-refractivity contribution in [2.45, 2.75) is 6.61 Å². The number of rotatable bonds is 6. The molecule has 0 bridgehead atoms. The summed E-state index contributed by atoms with van der Waals surface area (Å²) in [6.45, 7) is 0.106. The molecule has 2 aromatic carbocycles. The van der Waals surface area contributed by atoms with Crippen LogP contribution in [0.3, 0.4) is 0 Å². The molecule has 0 aromatic heterocycles. The van der Waals surface area contributed by atoms with Crippen LogP contribution in [0.15, 0.2) is 54.6 Å². The SMILES string of the molecule is COC(=O)CNC(=O)c1ccccc1COc1ccccc1. The maximum Gasteiger partial charge on any atom is 0.325 e. The van der Waals surface area contributed by atoms with Crippen LogP contribution >= 0.6 is 0 Å². The molecule has 1 amide bonds. The molecule has 0 saturated heterocycles. The van der Waals surface area contributed by atoms with Crippen molar-refractivity contribution >= 4 is 11.9 Å². The van der Waals surface area contributed by atoms with E-state index in [-0.39, 0.29) is 19.1 Å². The van der Waals surface area contributed by atoms with Crippen LogP contribution in [0.25, 0.3) is 0 Å². The van der Waals surface area contributed by atoms with E-state index in [1.165, 1.54) is 7.11 Å². The van der Waals surface area contributed by atoms with Gasteiger partial charge in [0.15, 0.2) is 0 Å². The molecule has 114 valence electrons. The first kappa shape index (κ1) is 15.6. The average molecular weight is 299 g/mol. The number of hydrogen-bond donors (Lipinski definition) is 1. The third-order valence-electron chi connectivity index (χ3n) is 3.02. The molecule has 5 heteroatoms. The number of methoxy groups -OCH3 is 1. The second-order valence-electron chi connectivity index (χ2n) is 4.52. The summed E-state index contributed by atoms with van der Waals surface area (Å²) in [6.07, 6.45) is 0. The monoisotopic (exact) mass is 299 g/mol. The minimum Gasteiger partial charge on any atom is -0.489 e. The Morgan fingerprint density at radius 1 is 1.00 bits per heavy atom. The summed E-state index contributed by atoms with van der Waals surface area (Å²) < 4.78 is 10.2. The Bertz CT molecular complexity index is 640. The van der Waals surface area contributed by atoms with Gasteiger partial charge in [-0.1, -0.05) is 36.4 Å². The first-order valence-corrected chi connectivity index (χ1v) is 6.81. The summed E-state index contributed by atoms with van der Waals surface area (Å²) in [5.41, 5.74) is 1.22. The molecule has 0 fully saturated rings. The van der Waals surface area contributed by atoms with Crippen molar-refractivity contribution in [1.82, 2.24) is 5.32 Å². The van der Waals surface area contributed by atoms with E-state index in [1.54, 1.807) is 12.1 Å². The molecule has 0 saturated carbocycles. The van der Waals surface area contributed by atoms with Crippen molar-refractivity contribution in [1.29, 1.82) is 0 Å². The van der Waals surface area contributed by atoms with E-state index >= 15 is 0 Å². The number of benzene rings is 2. The molecular formula is C17H17NO4. The number of ether oxygens (including phenoxy) is 2. The lowest BCUT2D eigenvalue weighted by Crippen LogP contribution is -2.30. The summed E-state index contributed by atoms with van der Waals surface area (Å²) >= 11 is 0. The van der Waals surface area contributed by atoms with Gasteiger partial charge >= 0.3 is 5.97 Å². The lowest BCUT2D eigenvalue weighted by atomic mass is 10.1. The maximum atomic E-state index is 12.1. The van der Waals surface area contributed by atoms with Crippen LogP contribution in [0.1, 0.15) is 15.9 Å². The summed E-state index contributed by atoms with van der Waals surface area (Å²) in [6, 6.07) is 16.5. The minimum absolute atomic E-state index is 0.163. The zero-order valence-electron chi connectivity index (χ0n) is 12.2. The van der Waals surface area contributed by atoms with Crippen LogP contribution in [0.4, 0.5) is 0 Å². The van der Waals surface area contributed by atoms with Gasteiger partial charge in [-0.15, -0.1) is 0 Å². The molecule has 2 aromatic rings. The fraction of sp³-hybridized carbons (Fsp3) is 0.176. The van der Waals surface area contributed by atoms with Crippen molar-refractivity contribution in [3.8, 4) is 5.75 Å². The predicted octanol–water partition coefficient (Wildman–Crippen LogP) is 2.17. The van der Waals surface area contributed by atoms with Gasteiger partial charge in [-0.05, 0) is 18.2 Å². The third kappa shape index (κ3) is 4.34.